The van der Waals surface area contributed by atoms with Crippen LogP contribution in [-0.4, -0.2) is 12.9 Å². The predicted octanol–water partition coefficient (Wildman–Crippen LogP) is 2.47. The summed E-state index contributed by atoms with van der Waals surface area (Å²) in [5.74, 6) is 0.681. The fourth-order valence-corrected chi connectivity index (χ4v) is 2.17. The second kappa shape index (κ2) is 3.80. The number of ketones is 1. The quantitative estimate of drug-likeness (QED) is 0.791. The second-order valence-electron chi connectivity index (χ2n) is 3.93. The zero-order chi connectivity index (χ0) is 11.8. The van der Waals surface area contributed by atoms with E-state index < -0.39 is 5.41 Å². The Kier molecular flexibility index (Phi) is 2.61. The Hall–Kier alpha value is -1.53. The van der Waals surface area contributed by atoms with Gasteiger partial charge in [-0.25, -0.2) is 0 Å². The lowest BCUT2D eigenvalue weighted by Crippen LogP contribution is -2.40. The van der Waals surface area contributed by atoms with Crippen LogP contribution in [-0.2, 0) is 10.2 Å². The molecule has 1 aromatic carbocycles. The summed E-state index contributed by atoms with van der Waals surface area (Å²) in [6.07, 6.45) is 0.531. The van der Waals surface area contributed by atoms with Crippen LogP contribution >= 0.6 is 11.6 Å². The van der Waals surface area contributed by atoms with E-state index in [0.717, 1.165) is 5.56 Å². The smallest absolute Gasteiger partial charge is 0.136 e. The molecular weight excluding hydrogens is 226 g/mol. The number of nitriles is 1. The number of Topliss-reactive ketones (excluding diaryl/α,β-unsaturated/α-hetero) is 1. The summed E-state index contributed by atoms with van der Waals surface area (Å²) in [7, 11) is 1.53. The van der Waals surface area contributed by atoms with Crippen molar-refractivity contribution in [2.45, 2.75) is 18.3 Å². The van der Waals surface area contributed by atoms with E-state index in [1.165, 1.54) is 7.11 Å². The van der Waals surface area contributed by atoms with E-state index in [1.54, 1.807) is 18.2 Å². The van der Waals surface area contributed by atoms with Crippen molar-refractivity contribution in [2.75, 3.05) is 7.11 Å². The average molecular weight is 236 g/mol. The van der Waals surface area contributed by atoms with Crippen LogP contribution in [0.5, 0.6) is 5.75 Å². The van der Waals surface area contributed by atoms with Gasteiger partial charge in [-0.15, -0.1) is 0 Å². The number of ether oxygens (including phenoxy) is 1. The van der Waals surface area contributed by atoms with Gasteiger partial charge in [0, 0.05) is 23.4 Å². The number of halogens is 1. The molecule has 0 heterocycles. The van der Waals surface area contributed by atoms with Crippen LogP contribution in [0.1, 0.15) is 18.4 Å². The molecular formula is C12H10ClNO2. The van der Waals surface area contributed by atoms with Crippen LogP contribution < -0.4 is 4.74 Å². The summed E-state index contributed by atoms with van der Waals surface area (Å²) in [5.41, 5.74) is 0.0361. The molecule has 0 atom stereocenters. The first-order valence-corrected chi connectivity index (χ1v) is 5.26. The van der Waals surface area contributed by atoms with Crippen LogP contribution in [0.25, 0.3) is 0 Å². The number of hydrogen-bond donors (Lipinski definition) is 0. The number of nitrogens with zero attached hydrogens (tertiary/aromatic N) is 1. The van der Waals surface area contributed by atoms with Crippen molar-refractivity contribution < 1.29 is 9.53 Å². The SMILES string of the molecule is COc1cc(Cl)ccc1C1(C#N)CC(=O)C1. The molecule has 1 saturated carbocycles. The molecule has 82 valence electrons. The highest BCUT2D eigenvalue weighted by Crippen LogP contribution is 2.45. The van der Waals surface area contributed by atoms with Gasteiger partial charge in [0.2, 0.25) is 0 Å². The first kappa shape index (κ1) is 11.0. The second-order valence-corrected chi connectivity index (χ2v) is 4.37. The summed E-state index contributed by atoms with van der Waals surface area (Å²) in [4.78, 5) is 11.1. The third-order valence-electron chi connectivity index (χ3n) is 2.89. The van der Waals surface area contributed by atoms with Crippen molar-refractivity contribution in [2.24, 2.45) is 0 Å². The Morgan fingerprint density at radius 1 is 1.50 bits per heavy atom. The van der Waals surface area contributed by atoms with Crippen molar-refractivity contribution in [3.8, 4) is 11.8 Å². The van der Waals surface area contributed by atoms with Gasteiger partial charge < -0.3 is 4.74 Å². The van der Waals surface area contributed by atoms with E-state index in [-0.39, 0.29) is 18.6 Å². The Bertz CT molecular complexity index is 482. The number of hydrogen-bond acceptors (Lipinski definition) is 3. The van der Waals surface area contributed by atoms with Crippen molar-refractivity contribution in [3.63, 3.8) is 0 Å². The number of methoxy groups -OCH3 is 1. The number of benzene rings is 1. The van der Waals surface area contributed by atoms with E-state index in [9.17, 15) is 10.1 Å². The topological polar surface area (TPSA) is 50.1 Å². The maximum Gasteiger partial charge on any atom is 0.136 e. The average Bonchev–Trinajstić information content (AvgIpc) is 2.24. The van der Waals surface area contributed by atoms with Gasteiger partial charge in [-0.3, -0.25) is 4.79 Å². The molecule has 1 aliphatic rings. The number of rotatable bonds is 2. The predicted molar refractivity (Wildman–Crippen MR) is 59.5 cm³/mol. The van der Waals surface area contributed by atoms with Crippen molar-refractivity contribution in [1.82, 2.24) is 0 Å². The van der Waals surface area contributed by atoms with Gasteiger partial charge in [-0.2, -0.15) is 5.26 Å². The van der Waals surface area contributed by atoms with Gasteiger partial charge in [0.05, 0.1) is 18.6 Å². The molecule has 16 heavy (non-hydrogen) atoms. The van der Waals surface area contributed by atoms with Crippen molar-refractivity contribution in [1.29, 1.82) is 5.26 Å². The van der Waals surface area contributed by atoms with Gasteiger partial charge in [0.15, 0.2) is 0 Å². The molecule has 0 spiro atoms. The fourth-order valence-electron chi connectivity index (χ4n) is 2.01. The molecule has 0 aliphatic heterocycles. The summed E-state index contributed by atoms with van der Waals surface area (Å²) in [6.45, 7) is 0. The number of carbonyl (C=O) groups excluding carboxylic acids is 1. The lowest BCUT2D eigenvalue weighted by atomic mass is 9.64. The highest BCUT2D eigenvalue weighted by Gasteiger charge is 2.47. The van der Waals surface area contributed by atoms with Crippen LogP contribution in [0.4, 0.5) is 0 Å². The van der Waals surface area contributed by atoms with Crippen LogP contribution in [0.3, 0.4) is 0 Å². The standard InChI is InChI=1S/C12H10ClNO2/c1-16-11-4-8(13)2-3-10(11)12(7-14)5-9(15)6-12/h2-4H,5-6H2,1H3. The zero-order valence-corrected chi connectivity index (χ0v) is 9.54. The third-order valence-corrected chi connectivity index (χ3v) is 3.13. The lowest BCUT2D eigenvalue weighted by Gasteiger charge is -2.34. The highest BCUT2D eigenvalue weighted by molar-refractivity contribution is 6.30. The first-order valence-electron chi connectivity index (χ1n) is 4.88. The molecule has 0 aromatic heterocycles. The summed E-state index contributed by atoms with van der Waals surface area (Å²) in [5, 5.41) is 9.76. The molecule has 4 heteroatoms. The Labute approximate surface area is 98.6 Å². The van der Waals surface area contributed by atoms with Crippen LogP contribution in [0, 0.1) is 11.3 Å². The van der Waals surface area contributed by atoms with E-state index in [2.05, 4.69) is 6.07 Å². The normalized spacial score (nSPS) is 17.4. The summed E-state index contributed by atoms with van der Waals surface area (Å²) in [6, 6.07) is 7.35. The summed E-state index contributed by atoms with van der Waals surface area (Å²) < 4.78 is 5.20. The molecule has 0 unspecified atom stereocenters. The van der Waals surface area contributed by atoms with Gasteiger partial charge in [-0.1, -0.05) is 17.7 Å². The number of carbonyl (C=O) groups is 1. The third kappa shape index (κ3) is 1.56. The van der Waals surface area contributed by atoms with E-state index in [4.69, 9.17) is 16.3 Å². The van der Waals surface area contributed by atoms with E-state index in [1.807, 2.05) is 0 Å². The molecule has 1 fully saturated rings. The van der Waals surface area contributed by atoms with Gasteiger partial charge >= 0.3 is 0 Å². The monoisotopic (exact) mass is 235 g/mol. The summed E-state index contributed by atoms with van der Waals surface area (Å²) >= 11 is 5.85. The van der Waals surface area contributed by atoms with Gasteiger partial charge in [-0.05, 0) is 12.1 Å². The fraction of sp³-hybridized carbons (Fsp3) is 0.333. The van der Waals surface area contributed by atoms with E-state index in [0.29, 0.717) is 10.8 Å². The van der Waals surface area contributed by atoms with E-state index >= 15 is 0 Å². The van der Waals surface area contributed by atoms with Gasteiger partial charge in [0.25, 0.3) is 0 Å². The molecule has 0 amide bonds. The highest BCUT2D eigenvalue weighted by atomic mass is 35.5. The molecule has 2 rings (SSSR count). The molecule has 0 N–H and O–H groups in total. The van der Waals surface area contributed by atoms with Crippen molar-refractivity contribution >= 4 is 17.4 Å². The molecule has 1 aromatic rings. The maximum atomic E-state index is 11.1. The minimum absolute atomic E-state index is 0.110. The largest absolute Gasteiger partial charge is 0.496 e. The zero-order valence-electron chi connectivity index (χ0n) is 8.79. The minimum Gasteiger partial charge on any atom is -0.496 e. The lowest BCUT2D eigenvalue weighted by molar-refractivity contribution is -0.126. The van der Waals surface area contributed by atoms with Crippen LogP contribution in [0.15, 0.2) is 18.2 Å². The Morgan fingerprint density at radius 2 is 2.19 bits per heavy atom. The minimum atomic E-state index is -0.715. The molecule has 0 bridgehead atoms. The molecule has 1 aliphatic carbocycles. The Balaban J connectivity index is 2.48. The Morgan fingerprint density at radius 3 is 2.69 bits per heavy atom. The molecule has 0 radical (unpaired) electrons. The maximum absolute atomic E-state index is 11.1. The van der Waals surface area contributed by atoms with Crippen molar-refractivity contribution in [3.05, 3.63) is 28.8 Å². The molecule has 3 nitrogen and oxygen atoms in total. The van der Waals surface area contributed by atoms with Crippen LogP contribution in [0.2, 0.25) is 5.02 Å². The van der Waals surface area contributed by atoms with Gasteiger partial charge in [0.1, 0.15) is 11.5 Å². The first-order chi connectivity index (χ1) is 7.61. The molecule has 0 saturated heterocycles.